The van der Waals surface area contributed by atoms with E-state index in [1.807, 2.05) is 30.3 Å². The molecule has 0 radical (unpaired) electrons. The monoisotopic (exact) mass is 361 g/mol. The minimum Gasteiger partial charge on any atom is -0.449 e. The number of ether oxygens (including phenoxy) is 1. The standard InChI is InChI=1S/C18H20ClN3O3/c1-11-15(18(24)25-12(2)17(23)20-14-8-9-14)16(19)22(21-11)10-13-6-4-3-5-7-13/h3-7,12,14H,8-10H2,1-2H3,(H,20,23)/t12-/m1/s1. The van der Waals surface area contributed by atoms with Gasteiger partial charge in [-0.1, -0.05) is 41.9 Å². The van der Waals surface area contributed by atoms with E-state index in [2.05, 4.69) is 10.4 Å². The quantitative estimate of drug-likeness (QED) is 0.803. The summed E-state index contributed by atoms with van der Waals surface area (Å²) in [5, 5.41) is 7.34. The zero-order chi connectivity index (χ0) is 18.0. The number of esters is 1. The van der Waals surface area contributed by atoms with E-state index in [0.29, 0.717) is 12.2 Å². The van der Waals surface area contributed by atoms with Gasteiger partial charge in [-0.05, 0) is 32.3 Å². The number of nitrogens with one attached hydrogen (secondary N) is 1. The summed E-state index contributed by atoms with van der Waals surface area (Å²) in [7, 11) is 0. The molecule has 7 heteroatoms. The van der Waals surface area contributed by atoms with Crippen LogP contribution in [0.3, 0.4) is 0 Å². The maximum absolute atomic E-state index is 12.4. The normalized spacial score (nSPS) is 14.8. The van der Waals surface area contributed by atoms with Gasteiger partial charge in [0, 0.05) is 6.04 Å². The molecular formula is C18H20ClN3O3. The Morgan fingerprint density at radius 3 is 2.68 bits per heavy atom. The lowest BCUT2D eigenvalue weighted by atomic mass is 10.2. The Balaban J connectivity index is 1.70. The van der Waals surface area contributed by atoms with Crippen LogP contribution >= 0.6 is 11.6 Å². The number of aromatic nitrogens is 2. The van der Waals surface area contributed by atoms with Crippen molar-refractivity contribution in [1.29, 1.82) is 0 Å². The molecule has 1 aromatic heterocycles. The highest BCUT2D eigenvalue weighted by molar-refractivity contribution is 6.32. The van der Waals surface area contributed by atoms with Crippen LogP contribution in [0.25, 0.3) is 0 Å². The molecule has 1 aromatic carbocycles. The first-order valence-electron chi connectivity index (χ1n) is 8.24. The number of rotatable bonds is 6. The number of benzene rings is 1. The van der Waals surface area contributed by atoms with Crippen molar-refractivity contribution in [1.82, 2.24) is 15.1 Å². The number of carbonyl (C=O) groups excluding carboxylic acids is 2. The Morgan fingerprint density at radius 2 is 2.04 bits per heavy atom. The van der Waals surface area contributed by atoms with Gasteiger partial charge in [0.15, 0.2) is 6.10 Å². The first-order chi connectivity index (χ1) is 12.0. The lowest BCUT2D eigenvalue weighted by Gasteiger charge is -2.13. The van der Waals surface area contributed by atoms with E-state index in [0.717, 1.165) is 18.4 Å². The molecule has 0 bridgehead atoms. The lowest BCUT2D eigenvalue weighted by Crippen LogP contribution is -2.37. The van der Waals surface area contributed by atoms with Crippen molar-refractivity contribution in [3.63, 3.8) is 0 Å². The molecule has 0 unspecified atom stereocenters. The molecule has 25 heavy (non-hydrogen) atoms. The van der Waals surface area contributed by atoms with Crippen LogP contribution in [-0.2, 0) is 16.1 Å². The molecule has 1 atom stereocenters. The van der Waals surface area contributed by atoms with Crippen molar-refractivity contribution in [2.45, 2.75) is 45.4 Å². The number of amides is 1. The molecule has 0 spiro atoms. The van der Waals surface area contributed by atoms with E-state index >= 15 is 0 Å². The van der Waals surface area contributed by atoms with E-state index in [-0.39, 0.29) is 22.7 Å². The zero-order valence-electron chi connectivity index (χ0n) is 14.2. The second-order valence-electron chi connectivity index (χ2n) is 6.22. The molecule has 0 aliphatic heterocycles. The topological polar surface area (TPSA) is 73.2 Å². The Bertz CT molecular complexity index is 784. The Hall–Kier alpha value is -2.34. The third-order valence-electron chi connectivity index (χ3n) is 4.02. The van der Waals surface area contributed by atoms with Crippen molar-refractivity contribution < 1.29 is 14.3 Å². The van der Waals surface area contributed by atoms with Crippen LogP contribution in [0.15, 0.2) is 30.3 Å². The SMILES string of the molecule is Cc1nn(Cc2ccccc2)c(Cl)c1C(=O)O[C@H](C)C(=O)NC1CC1. The van der Waals surface area contributed by atoms with E-state index in [9.17, 15) is 9.59 Å². The Morgan fingerprint density at radius 1 is 1.36 bits per heavy atom. The van der Waals surface area contributed by atoms with Crippen molar-refractivity contribution >= 4 is 23.5 Å². The van der Waals surface area contributed by atoms with Crippen LogP contribution in [0, 0.1) is 6.92 Å². The van der Waals surface area contributed by atoms with Gasteiger partial charge in [0.2, 0.25) is 0 Å². The second kappa shape index (κ2) is 7.27. The molecule has 1 aliphatic rings. The fourth-order valence-corrected chi connectivity index (χ4v) is 2.78. The molecule has 1 saturated carbocycles. The van der Waals surface area contributed by atoms with Crippen LogP contribution < -0.4 is 5.32 Å². The first kappa shape index (κ1) is 17.5. The molecule has 132 valence electrons. The second-order valence-corrected chi connectivity index (χ2v) is 6.58. The number of hydrogen-bond acceptors (Lipinski definition) is 4. The maximum atomic E-state index is 12.4. The van der Waals surface area contributed by atoms with Gasteiger partial charge < -0.3 is 10.1 Å². The summed E-state index contributed by atoms with van der Waals surface area (Å²) < 4.78 is 6.82. The highest BCUT2D eigenvalue weighted by Gasteiger charge is 2.29. The molecule has 2 aromatic rings. The van der Waals surface area contributed by atoms with Crippen LogP contribution in [0.4, 0.5) is 0 Å². The largest absolute Gasteiger partial charge is 0.449 e. The van der Waals surface area contributed by atoms with Crippen LogP contribution in [-0.4, -0.2) is 33.8 Å². The lowest BCUT2D eigenvalue weighted by molar-refractivity contribution is -0.129. The van der Waals surface area contributed by atoms with Gasteiger partial charge in [-0.15, -0.1) is 0 Å². The number of nitrogens with zero attached hydrogens (tertiary/aromatic N) is 2. The molecular weight excluding hydrogens is 342 g/mol. The Kier molecular flexibility index (Phi) is 5.08. The number of carbonyl (C=O) groups is 2. The number of hydrogen-bond donors (Lipinski definition) is 1. The zero-order valence-corrected chi connectivity index (χ0v) is 14.9. The molecule has 1 amide bonds. The summed E-state index contributed by atoms with van der Waals surface area (Å²) in [6, 6.07) is 9.90. The fraction of sp³-hybridized carbons (Fsp3) is 0.389. The molecule has 6 nitrogen and oxygen atoms in total. The summed E-state index contributed by atoms with van der Waals surface area (Å²) in [4.78, 5) is 24.4. The van der Waals surface area contributed by atoms with Gasteiger partial charge in [-0.2, -0.15) is 5.10 Å². The van der Waals surface area contributed by atoms with Gasteiger partial charge in [0.25, 0.3) is 5.91 Å². The predicted octanol–water partition coefficient (Wildman–Crippen LogP) is 2.72. The van der Waals surface area contributed by atoms with Crippen molar-refractivity contribution in [2.75, 3.05) is 0 Å². The summed E-state index contributed by atoms with van der Waals surface area (Å²) in [5.41, 5.74) is 1.69. The highest BCUT2D eigenvalue weighted by Crippen LogP contribution is 2.23. The number of aryl methyl sites for hydroxylation is 1. The number of halogens is 1. The molecule has 0 saturated heterocycles. The fourth-order valence-electron chi connectivity index (χ4n) is 2.47. The van der Waals surface area contributed by atoms with Gasteiger partial charge in [-0.25, -0.2) is 9.48 Å². The third-order valence-corrected chi connectivity index (χ3v) is 4.41. The van der Waals surface area contributed by atoms with E-state index in [1.54, 1.807) is 18.5 Å². The van der Waals surface area contributed by atoms with E-state index in [4.69, 9.17) is 16.3 Å². The minimum atomic E-state index is -0.874. The summed E-state index contributed by atoms with van der Waals surface area (Å²) in [6.07, 6.45) is 1.08. The summed E-state index contributed by atoms with van der Waals surface area (Å²) >= 11 is 6.33. The molecule has 1 fully saturated rings. The highest BCUT2D eigenvalue weighted by atomic mass is 35.5. The maximum Gasteiger partial charge on any atom is 0.343 e. The van der Waals surface area contributed by atoms with Crippen molar-refractivity contribution in [2.24, 2.45) is 0 Å². The van der Waals surface area contributed by atoms with Crippen molar-refractivity contribution in [3.8, 4) is 0 Å². The average molecular weight is 362 g/mol. The molecule has 3 rings (SSSR count). The summed E-state index contributed by atoms with van der Waals surface area (Å²) in [5.74, 6) is -0.929. The van der Waals surface area contributed by atoms with Gasteiger partial charge in [-0.3, -0.25) is 4.79 Å². The minimum absolute atomic E-state index is 0.198. The smallest absolute Gasteiger partial charge is 0.343 e. The van der Waals surface area contributed by atoms with Gasteiger partial charge in [0.1, 0.15) is 10.7 Å². The van der Waals surface area contributed by atoms with E-state index < -0.39 is 12.1 Å². The third kappa shape index (κ3) is 4.20. The van der Waals surface area contributed by atoms with Crippen LogP contribution in [0.1, 0.15) is 41.4 Å². The van der Waals surface area contributed by atoms with Crippen LogP contribution in [0.5, 0.6) is 0 Å². The van der Waals surface area contributed by atoms with Crippen LogP contribution in [0.2, 0.25) is 5.15 Å². The summed E-state index contributed by atoms with van der Waals surface area (Å²) in [6.45, 7) is 3.69. The Labute approximate surface area is 151 Å². The molecule has 1 aliphatic carbocycles. The first-order valence-corrected chi connectivity index (χ1v) is 8.61. The van der Waals surface area contributed by atoms with Gasteiger partial charge >= 0.3 is 5.97 Å². The van der Waals surface area contributed by atoms with Crippen molar-refractivity contribution in [3.05, 3.63) is 52.3 Å². The predicted molar refractivity (Wildman–Crippen MR) is 93.6 cm³/mol. The van der Waals surface area contributed by atoms with Gasteiger partial charge in [0.05, 0.1) is 12.2 Å². The molecule has 1 heterocycles. The molecule has 1 N–H and O–H groups in total. The van der Waals surface area contributed by atoms with E-state index in [1.165, 1.54) is 0 Å². The average Bonchev–Trinajstić information content (AvgIpc) is 3.34.